The number of allylic oxidation sites excluding steroid dienone is 2. The molecule has 2 aliphatic rings. The molecular weight excluding hydrogens is 353 g/mol. The van der Waals surface area contributed by atoms with E-state index < -0.39 is 17.7 Å². The summed E-state index contributed by atoms with van der Waals surface area (Å²) in [5, 5.41) is 9.35. The Balaban J connectivity index is 1.60. The summed E-state index contributed by atoms with van der Waals surface area (Å²) in [6.45, 7) is 2.24. The highest BCUT2D eigenvalue weighted by molar-refractivity contribution is 5.90. The van der Waals surface area contributed by atoms with Gasteiger partial charge in [0.05, 0.1) is 5.56 Å². The Kier molecular flexibility index (Phi) is 6.67. The number of carbonyl (C=O) groups excluding carboxylic acids is 1. The average molecular weight is 381 g/mol. The minimum atomic E-state index is -1.89. The van der Waals surface area contributed by atoms with Gasteiger partial charge in [-0.15, -0.1) is 0 Å². The molecule has 4 heteroatoms. The Bertz CT molecular complexity index is 769. The van der Waals surface area contributed by atoms with E-state index in [9.17, 15) is 14.4 Å². The highest BCUT2D eigenvalue weighted by atomic mass is 19.1. The summed E-state index contributed by atoms with van der Waals surface area (Å²) in [5.41, 5.74) is -0.309. The SMILES string of the molecule is CCCCC1CCC(c2ccc(C(=O)OC3(C#N)C=CC=CC3F)cc2)CC1. The lowest BCUT2D eigenvalue weighted by atomic mass is 9.77. The quantitative estimate of drug-likeness (QED) is 0.565. The van der Waals surface area contributed by atoms with Gasteiger partial charge in [0, 0.05) is 0 Å². The number of esters is 1. The summed E-state index contributed by atoms with van der Waals surface area (Å²) in [6.07, 6.45) is 12.7. The van der Waals surface area contributed by atoms with Gasteiger partial charge in [-0.3, -0.25) is 0 Å². The number of hydrogen-bond donors (Lipinski definition) is 0. The minimum Gasteiger partial charge on any atom is -0.433 e. The smallest absolute Gasteiger partial charge is 0.340 e. The van der Waals surface area contributed by atoms with Gasteiger partial charge in [-0.2, -0.15) is 5.26 Å². The van der Waals surface area contributed by atoms with Crippen LogP contribution in [-0.2, 0) is 4.74 Å². The van der Waals surface area contributed by atoms with Crippen LogP contribution in [0.5, 0.6) is 0 Å². The van der Waals surface area contributed by atoms with Gasteiger partial charge in [0.1, 0.15) is 6.07 Å². The second kappa shape index (κ2) is 9.19. The highest BCUT2D eigenvalue weighted by Crippen LogP contribution is 2.37. The predicted octanol–water partition coefficient (Wildman–Crippen LogP) is 6.03. The van der Waals surface area contributed by atoms with Crippen LogP contribution >= 0.6 is 0 Å². The monoisotopic (exact) mass is 381 g/mol. The third-order valence-corrected chi connectivity index (χ3v) is 6.01. The largest absolute Gasteiger partial charge is 0.433 e. The molecule has 0 bridgehead atoms. The normalized spacial score (nSPS) is 29.2. The molecule has 2 atom stereocenters. The van der Waals surface area contributed by atoms with Crippen molar-refractivity contribution in [3.8, 4) is 6.07 Å². The Hall–Kier alpha value is -2.41. The molecule has 2 aliphatic carbocycles. The van der Waals surface area contributed by atoms with Crippen LogP contribution in [0.15, 0.2) is 48.6 Å². The first kappa shape index (κ1) is 20.3. The summed E-state index contributed by atoms with van der Waals surface area (Å²) in [6, 6.07) is 9.18. The van der Waals surface area contributed by atoms with Crippen LogP contribution < -0.4 is 0 Å². The van der Waals surface area contributed by atoms with Crippen molar-refractivity contribution in [3.63, 3.8) is 0 Å². The second-order valence-electron chi connectivity index (χ2n) is 7.92. The number of benzene rings is 1. The first-order valence-corrected chi connectivity index (χ1v) is 10.3. The predicted molar refractivity (Wildman–Crippen MR) is 108 cm³/mol. The number of ether oxygens (including phenoxy) is 1. The van der Waals surface area contributed by atoms with Crippen LogP contribution in [0, 0.1) is 17.2 Å². The highest BCUT2D eigenvalue weighted by Gasteiger charge is 2.41. The Morgan fingerprint density at radius 3 is 2.54 bits per heavy atom. The molecule has 28 heavy (non-hydrogen) atoms. The van der Waals surface area contributed by atoms with Gasteiger partial charge in [0.2, 0.25) is 0 Å². The molecule has 0 amide bonds. The molecule has 0 N–H and O–H groups in total. The van der Waals surface area contributed by atoms with Crippen molar-refractivity contribution >= 4 is 5.97 Å². The number of hydrogen-bond acceptors (Lipinski definition) is 3. The van der Waals surface area contributed by atoms with E-state index in [4.69, 9.17) is 4.74 Å². The zero-order valence-corrected chi connectivity index (χ0v) is 16.4. The number of rotatable bonds is 6. The standard InChI is InChI=1S/C24H28FNO2/c1-2-3-6-18-8-10-19(11-9-18)20-12-14-21(15-13-20)23(27)28-24(17-26)16-5-4-7-22(24)25/h4-5,7,12-16,18-19,22H,2-3,6,8-11H2,1H3. The molecule has 0 saturated heterocycles. The minimum absolute atomic E-state index is 0.338. The third-order valence-electron chi connectivity index (χ3n) is 6.01. The van der Waals surface area contributed by atoms with E-state index in [1.807, 2.05) is 12.1 Å². The molecule has 0 radical (unpaired) electrons. The fourth-order valence-electron chi connectivity index (χ4n) is 4.19. The van der Waals surface area contributed by atoms with Crippen LogP contribution in [0.3, 0.4) is 0 Å². The maximum Gasteiger partial charge on any atom is 0.340 e. The van der Waals surface area contributed by atoms with Crippen molar-refractivity contribution in [1.29, 1.82) is 5.26 Å². The van der Waals surface area contributed by atoms with Crippen molar-refractivity contribution in [1.82, 2.24) is 0 Å². The number of halogens is 1. The number of carbonyl (C=O) groups is 1. The summed E-state index contributed by atoms with van der Waals surface area (Å²) in [4.78, 5) is 12.5. The molecule has 1 aromatic carbocycles. The van der Waals surface area contributed by atoms with E-state index in [1.54, 1.807) is 18.2 Å². The topological polar surface area (TPSA) is 50.1 Å². The van der Waals surface area contributed by atoms with Crippen molar-refractivity contribution in [2.75, 3.05) is 0 Å². The summed E-state index contributed by atoms with van der Waals surface area (Å²) >= 11 is 0. The van der Waals surface area contributed by atoms with Crippen molar-refractivity contribution < 1.29 is 13.9 Å². The van der Waals surface area contributed by atoms with Crippen molar-refractivity contribution in [2.45, 2.75) is 69.6 Å². The van der Waals surface area contributed by atoms with Crippen molar-refractivity contribution in [3.05, 3.63) is 59.7 Å². The summed E-state index contributed by atoms with van der Waals surface area (Å²) in [7, 11) is 0. The molecule has 1 fully saturated rings. The first-order valence-electron chi connectivity index (χ1n) is 10.3. The zero-order valence-electron chi connectivity index (χ0n) is 16.4. The van der Waals surface area contributed by atoms with Gasteiger partial charge in [-0.25, -0.2) is 9.18 Å². The lowest BCUT2D eigenvalue weighted by molar-refractivity contribution is 0.00294. The van der Waals surface area contributed by atoms with Crippen LogP contribution in [-0.4, -0.2) is 17.7 Å². The second-order valence-corrected chi connectivity index (χ2v) is 7.92. The van der Waals surface area contributed by atoms with E-state index in [0.29, 0.717) is 11.5 Å². The van der Waals surface area contributed by atoms with Gasteiger partial charge >= 0.3 is 5.97 Å². The average Bonchev–Trinajstić information content (AvgIpc) is 2.74. The molecule has 0 aliphatic heterocycles. The Morgan fingerprint density at radius 2 is 1.93 bits per heavy atom. The van der Waals surface area contributed by atoms with Gasteiger partial charge in [-0.1, -0.05) is 50.5 Å². The van der Waals surface area contributed by atoms with Gasteiger partial charge in [0.15, 0.2) is 6.17 Å². The molecule has 3 nitrogen and oxygen atoms in total. The number of alkyl halides is 1. The van der Waals surface area contributed by atoms with Gasteiger partial charge < -0.3 is 4.74 Å². The van der Waals surface area contributed by atoms with E-state index in [2.05, 4.69) is 6.92 Å². The van der Waals surface area contributed by atoms with Crippen LogP contribution in [0.2, 0.25) is 0 Å². The van der Waals surface area contributed by atoms with Crippen molar-refractivity contribution in [2.24, 2.45) is 5.92 Å². The maximum absolute atomic E-state index is 14.2. The summed E-state index contributed by atoms with van der Waals surface area (Å²) < 4.78 is 19.4. The van der Waals surface area contributed by atoms with Gasteiger partial charge in [-0.05, 0) is 67.4 Å². The Morgan fingerprint density at radius 1 is 1.21 bits per heavy atom. The first-order chi connectivity index (χ1) is 13.6. The summed E-state index contributed by atoms with van der Waals surface area (Å²) in [5.74, 6) is 0.716. The molecule has 148 valence electrons. The van der Waals surface area contributed by atoms with E-state index >= 15 is 0 Å². The third kappa shape index (κ3) is 4.52. The van der Waals surface area contributed by atoms with Crippen LogP contribution in [0.4, 0.5) is 4.39 Å². The van der Waals surface area contributed by atoms with E-state index in [0.717, 1.165) is 5.92 Å². The molecule has 0 heterocycles. The van der Waals surface area contributed by atoms with Gasteiger partial charge in [0.25, 0.3) is 5.60 Å². The van der Waals surface area contributed by atoms with Crippen LogP contribution in [0.25, 0.3) is 0 Å². The van der Waals surface area contributed by atoms with Crippen LogP contribution in [0.1, 0.15) is 73.7 Å². The molecule has 0 aromatic heterocycles. The van der Waals surface area contributed by atoms with E-state index in [-0.39, 0.29) is 0 Å². The number of nitrogens with zero attached hydrogens (tertiary/aromatic N) is 1. The van der Waals surface area contributed by atoms with E-state index in [1.165, 1.54) is 74.8 Å². The fraction of sp³-hybridized carbons (Fsp3) is 0.500. The molecular formula is C24H28FNO2. The molecule has 1 saturated carbocycles. The fourth-order valence-corrected chi connectivity index (χ4v) is 4.19. The lowest BCUT2D eigenvalue weighted by Gasteiger charge is -2.29. The number of nitriles is 1. The molecule has 1 aromatic rings. The number of unbranched alkanes of at least 4 members (excludes halogenated alkanes) is 1. The lowest BCUT2D eigenvalue weighted by Crippen LogP contribution is -2.41. The molecule has 3 rings (SSSR count). The maximum atomic E-state index is 14.2. The zero-order chi connectivity index (χ0) is 20.0. The molecule has 2 unspecified atom stereocenters. The Labute approximate surface area is 166 Å². The molecule has 0 spiro atoms.